The Morgan fingerprint density at radius 2 is 1.88 bits per heavy atom. The standard InChI is InChI=1S/C12H13NO4/c1-15-10-4-3-5-11(16-2)12(10)17-8-9(14)6-7-13/h3-5H,6,8H2,1-2H3. The van der Waals surface area contributed by atoms with Gasteiger partial charge in [-0.05, 0) is 12.1 Å². The molecule has 5 heteroatoms. The molecule has 1 aromatic carbocycles. The Morgan fingerprint density at radius 1 is 1.29 bits per heavy atom. The number of methoxy groups -OCH3 is 2. The third kappa shape index (κ3) is 3.38. The largest absolute Gasteiger partial charge is 0.493 e. The van der Waals surface area contributed by atoms with Crippen molar-refractivity contribution in [1.29, 1.82) is 5.26 Å². The summed E-state index contributed by atoms with van der Waals surface area (Å²) in [4.78, 5) is 11.2. The summed E-state index contributed by atoms with van der Waals surface area (Å²) in [7, 11) is 3.00. The summed E-state index contributed by atoms with van der Waals surface area (Å²) in [5.41, 5.74) is 0. The molecule has 0 bridgehead atoms. The number of Topliss-reactive ketones (excluding diaryl/α,β-unsaturated/α-hetero) is 1. The normalized spacial score (nSPS) is 9.24. The van der Waals surface area contributed by atoms with Crippen molar-refractivity contribution < 1.29 is 19.0 Å². The molecule has 0 fully saturated rings. The van der Waals surface area contributed by atoms with E-state index in [1.54, 1.807) is 24.3 Å². The van der Waals surface area contributed by atoms with Crippen molar-refractivity contribution in [3.05, 3.63) is 18.2 Å². The molecule has 0 radical (unpaired) electrons. The minimum atomic E-state index is -0.291. The number of nitrogens with zero attached hydrogens (tertiary/aromatic N) is 1. The number of hydrogen-bond acceptors (Lipinski definition) is 5. The van der Waals surface area contributed by atoms with Gasteiger partial charge in [0.2, 0.25) is 5.75 Å². The first kappa shape index (κ1) is 12.8. The fourth-order valence-corrected chi connectivity index (χ4v) is 1.25. The van der Waals surface area contributed by atoms with Crippen molar-refractivity contribution in [3.63, 3.8) is 0 Å². The summed E-state index contributed by atoms with van der Waals surface area (Å²) < 4.78 is 15.5. The first-order chi connectivity index (χ1) is 8.22. The van der Waals surface area contributed by atoms with E-state index in [1.807, 2.05) is 0 Å². The van der Waals surface area contributed by atoms with E-state index in [0.29, 0.717) is 17.2 Å². The van der Waals surface area contributed by atoms with Crippen LogP contribution in [0.5, 0.6) is 17.2 Å². The Morgan fingerprint density at radius 3 is 2.35 bits per heavy atom. The molecule has 0 aliphatic carbocycles. The maximum atomic E-state index is 11.2. The molecule has 1 rings (SSSR count). The van der Waals surface area contributed by atoms with Gasteiger partial charge in [0.25, 0.3) is 0 Å². The maximum Gasteiger partial charge on any atom is 0.203 e. The summed E-state index contributed by atoms with van der Waals surface area (Å²) in [5.74, 6) is 1.03. The van der Waals surface area contributed by atoms with E-state index in [1.165, 1.54) is 14.2 Å². The second-order valence-corrected chi connectivity index (χ2v) is 3.15. The summed E-state index contributed by atoms with van der Waals surface area (Å²) in [6.45, 7) is -0.176. The molecule has 1 aromatic rings. The lowest BCUT2D eigenvalue weighted by Crippen LogP contribution is -2.11. The molecule has 0 heterocycles. The molecule has 17 heavy (non-hydrogen) atoms. The lowest BCUT2D eigenvalue weighted by atomic mass is 10.3. The van der Waals surface area contributed by atoms with Gasteiger partial charge in [-0.2, -0.15) is 5.26 Å². The molecule has 0 unspecified atom stereocenters. The van der Waals surface area contributed by atoms with Crippen molar-refractivity contribution in [3.8, 4) is 23.3 Å². The number of rotatable bonds is 6. The zero-order valence-corrected chi connectivity index (χ0v) is 9.73. The van der Waals surface area contributed by atoms with Crippen LogP contribution in [0.2, 0.25) is 0 Å². The number of hydrogen-bond donors (Lipinski definition) is 0. The topological polar surface area (TPSA) is 68.6 Å². The average Bonchev–Trinajstić information content (AvgIpc) is 2.36. The van der Waals surface area contributed by atoms with Crippen LogP contribution in [0.4, 0.5) is 0 Å². The second-order valence-electron chi connectivity index (χ2n) is 3.15. The van der Waals surface area contributed by atoms with E-state index in [2.05, 4.69) is 0 Å². The van der Waals surface area contributed by atoms with Crippen LogP contribution < -0.4 is 14.2 Å². The van der Waals surface area contributed by atoms with E-state index in [4.69, 9.17) is 19.5 Å². The predicted molar refractivity (Wildman–Crippen MR) is 60.3 cm³/mol. The van der Waals surface area contributed by atoms with Gasteiger partial charge in [-0.1, -0.05) is 6.07 Å². The summed E-state index contributed by atoms with van der Waals surface area (Å²) in [5, 5.41) is 8.36. The molecular weight excluding hydrogens is 222 g/mol. The van der Waals surface area contributed by atoms with Crippen LogP contribution in [0, 0.1) is 11.3 Å². The number of ketones is 1. The van der Waals surface area contributed by atoms with E-state index in [9.17, 15) is 4.79 Å². The van der Waals surface area contributed by atoms with E-state index in [-0.39, 0.29) is 18.8 Å². The molecule has 0 aliphatic rings. The molecule has 0 amide bonds. The number of nitriles is 1. The van der Waals surface area contributed by atoms with E-state index >= 15 is 0 Å². The SMILES string of the molecule is COc1cccc(OC)c1OCC(=O)CC#N. The van der Waals surface area contributed by atoms with Crippen LogP contribution in [0.1, 0.15) is 6.42 Å². The Balaban J connectivity index is 2.81. The molecule has 90 valence electrons. The van der Waals surface area contributed by atoms with Gasteiger partial charge in [-0.15, -0.1) is 0 Å². The Hall–Kier alpha value is -2.22. The van der Waals surface area contributed by atoms with Gasteiger partial charge >= 0.3 is 0 Å². The predicted octanol–water partition coefficient (Wildman–Crippen LogP) is 1.57. The second kappa shape index (κ2) is 6.38. The highest BCUT2D eigenvalue weighted by atomic mass is 16.5. The zero-order chi connectivity index (χ0) is 12.7. The maximum absolute atomic E-state index is 11.2. The summed E-state index contributed by atoms with van der Waals surface area (Å²) >= 11 is 0. The van der Waals surface area contributed by atoms with Crippen molar-refractivity contribution in [2.45, 2.75) is 6.42 Å². The summed E-state index contributed by atoms with van der Waals surface area (Å²) in [6, 6.07) is 6.92. The average molecular weight is 235 g/mol. The third-order valence-corrected chi connectivity index (χ3v) is 2.04. The van der Waals surface area contributed by atoms with Crippen LogP contribution in [0.3, 0.4) is 0 Å². The lowest BCUT2D eigenvalue weighted by molar-refractivity contribution is -0.120. The molecule has 0 N–H and O–H groups in total. The molecule has 0 saturated carbocycles. The fourth-order valence-electron chi connectivity index (χ4n) is 1.25. The van der Waals surface area contributed by atoms with Gasteiger partial charge in [-0.3, -0.25) is 4.79 Å². The monoisotopic (exact) mass is 235 g/mol. The highest BCUT2D eigenvalue weighted by Crippen LogP contribution is 2.36. The van der Waals surface area contributed by atoms with E-state index in [0.717, 1.165) is 0 Å². The van der Waals surface area contributed by atoms with Crippen LogP contribution in [-0.2, 0) is 4.79 Å². The summed E-state index contributed by atoms with van der Waals surface area (Å²) in [6.07, 6.45) is -0.169. The fraction of sp³-hybridized carbons (Fsp3) is 0.333. The van der Waals surface area contributed by atoms with Gasteiger partial charge in [0.1, 0.15) is 6.61 Å². The minimum absolute atomic E-state index is 0.169. The van der Waals surface area contributed by atoms with Gasteiger partial charge in [0.15, 0.2) is 17.3 Å². The quantitative estimate of drug-likeness (QED) is 0.748. The number of para-hydroxylation sites is 1. The lowest BCUT2D eigenvalue weighted by Gasteiger charge is -2.13. The molecule has 0 saturated heterocycles. The molecule has 0 aromatic heterocycles. The highest BCUT2D eigenvalue weighted by Gasteiger charge is 2.12. The minimum Gasteiger partial charge on any atom is -0.493 e. The van der Waals surface area contributed by atoms with Crippen molar-refractivity contribution in [1.82, 2.24) is 0 Å². The van der Waals surface area contributed by atoms with Gasteiger partial charge in [-0.25, -0.2) is 0 Å². The zero-order valence-electron chi connectivity index (χ0n) is 9.73. The van der Waals surface area contributed by atoms with Crippen LogP contribution >= 0.6 is 0 Å². The molecule has 5 nitrogen and oxygen atoms in total. The highest BCUT2D eigenvalue weighted by molar-refractivity contribution is 5.82. The van der Waals surface area contributed by atoms with Gasteiger partial charge in [0.05, 0.1) is 26.7 Å². The van der Waals surface area contributed by atoms with Crippen LogP contribution in [0.15, 0.2) is 18.2 Å². The van der Waals surface area contributed by atoms with E-state index < -0.39 is 0 Å². The molecule has 0 aliphatic heterocycles. The number of ether oxygens (including phenoxy) is 3. The van der Waals surface area contributed by atoms with Crippen molar-refractivity contribution in [2.75, 3.05) is 20.8 Å². The Kier molecular flexibility index (Phi) is 4.82. The van der Waals surface area contributed by atoms with Gasteiger partial charge in [0, 0.05) is 0 Å². The van der Waals surface area contributed by atoms with Crippen LogP contribution in [0.25, 0.3) is 0 Å². The Labute approximate surface area is 99.5 Å². The van der Waals surface area contributed by atoms with Gasteiger partial charge < -0.3 is 14.2 Å². The Bertz CT molecular complexity index is 414. The number of benzene rings is 1. The van der Waals surface area contributed by atoms with Crippen molar-refractivity contribution >= 4 is 5.78 Å². The first-order valence-electron chi connectivity index (χ1n) is 4.95. The number of carbonyl (C=O) groups excluding carboxylic acids is 1. The third-order valence-electron chi connectivity index (χ3n) is 2.04. The smallest absolute Gasteiger partial charge is 0.203 e. The molecular formula is C12H13NO4. The number of carbonyl (C=O) groups is 1. The first-order valence-corrected chi connectivity index (χ1v) is 4.95. The molecule has 0 spiro atoms. The van der Waals surface area contributed by atoms with Crippen LogP contribution in [-0.4, -0.2) is 26.6 Å². The van der Waals surface area contributed by atoms with Crippen molar-refractivity contribution in [2.24, 2.45) is 0 Å². The molecule has 0 atom stereocenters.